The molecule has 0 aliphatic carbocycles. The molecule has 2 aromatic rings. The second kappa shape index (κ2) is 8.91. The first-order valence-electron chi connectivity index (χ1n) is 8.43. The van der Waals surface area contributed by atoms with E-state index >= 15 is 0 Å². The molecule has 138 valence electrons. The van der Waals surface area contributed by atoms with Gasteiger partial charge >= 0.3 is 5.97 Å². The molecule has 0 aromatic heterocycles. The number of hydrogen-bond donors (Lipinski definition) is 1. The highest BCUT2D eigenvalue weighted by molar-refractivity contribution is 5.89. The first kappa shape index (κ1) is 18.5. The van der Waals surface area contributed by atoms with Crippen LogP contribution in [0.3, 0.4) is 0 Å². The molecule has 1 aliphatic rings. The highest BCUT2D eigenvalue weighted by Gasteiger charge is 2.45. The van der Waals surface area contributed by atoms with Gasteiger partial charge in [-0.05, 0) is 17.7 Å². The average molecular weight is 358 g/mol. The van der Waals surface area contributed by atoms with Crippen molar-refractivity contribution in [2.45, 2.75) is 31.2 Å². The summed E-state index contributed by atoms with van der Waals surface area (Å²) in [4.78, 5) is 12.1. The van der Waals surface area contributed by atoms with Gasteiger partial charge in [0.1, 0.15) is 24.9 Å². The monoisotopic (exact) mass is 358 g/mol. The predicted octanol–water partition coefficient (Wildman–Crippen LogP) is 2.16. The summed E-state index contributed by atoms with van der Waals surface area (Å²) < 4.78 is 21.9. The molecule has 0 saturated carbocycles. The van der Waals surface area contributed by atoms with Crippen molar-refractivity contribution in [3.05, 3.63) is 71.8 Å². The minimum atomic E-state index is -0.968. The predicted molar refractivity (Wildman–Crippen MR) is 93.4 cm³/mol. The van der Waals surface area contributed by atoms with Crippen molar-refractivity contribution in [1.29, 1.82) is 0 Å². The SMILES string of the molecule is CO[C@H]1O[C@@H](COC(=O)c2ccccc2)[C@H](OCc2ccccc2)[C@@H]1O. The van der Waals surface area contributed by atoms with Crippen molar-refractivity contribution in [3.63, 3.8) is 0 Å². The smallest absolute Gasteiger partial charge is 0.338 e. The number of carbonyl (C=O) groups excluding carboxylic acids is 1. The van der Waals surface area contributed by atoms with Gasteiger partial charge in [-0.2, -0.15) is 0 Å². The molecular weight excluding hydrogens is 336 g/mol. The van der Waals surface area contributed by atoms with Gasteiger partial charge in [0.15, 0.2) is 6.29 Å². The second-order valence-corrected chi connectivity index (χ2v) is 5.99. The Kier molecular flexibility index (Phi) is 6.35. The van der Waals surface area contributed by atoms with Crippen LogP contribution in [0.5, 0.6) is 0 Å². The van der Waals surface area contributed by atoms with Gasteiger partial charge in [-0.15, -0.1) is 0 Å². The van der Waals surface area contributed by atoms with E-state index in [9.17, 15) is 9.90 Å². The van der Waals surface area contributed by atoms with Gasteiger partial charge in [-0.1, -0.05) is 48.5 Å². The molecule has 0 bridgehead atoms. The number of aliphatic hydroxyl groups excluding tert-OH is 1. The molecule has 6 heteroatoms. The fourth-order valence-corrected chi connectivity index (χ4v) is 2.82. The van der Waals surface area contributed by atoms with Crippen LogP contribution in [0.1, 0.15) is 15.9 Å². The summed E-state index contributed by atoms with van der Waals surface area (Å²) in [6, 6.07) is 18.3. The Morgan fingerprint density at radius 1 is 1.08 bits per heavy atom. The number of aliphatic hydroxyl groups is 1. The summed E-state index contributed by atoms with van der Waals surface area (Å²) in [7, 11) is 1.44. The van der Waals surface area contributed by atoms with Crippen LogP contribution in [-0.4, -0.2) is 49.4 Å². The molecule has 1 N–H and O–H groups in total. The van der Waals surface area contributed by atoms with Crippen LogP contribution in [0, 0.1) is 0 Å². The molecule has 1 aliphatic heterocycles. The maximum atomic E-state index is 12.1. The van der Waals surface area contributed by atoms with Gasteiger partial charge in [0, 0.05) is 7.11 Å². The summed E-state index contributed by atoms with van der Waals surface area (Å²) in [5.41, 5.74) is 1.43. The Morgan fingerprint density at radius 3 is 2.38 bits per heavy atom. The maximum Gasteiger partial charge on any atom is 0.338 e. The van der Waals surface area contributed by atoms with Crippen LogP contribution in [0.2, 0.25) is 0 Å². The van der Waals surface area contributed by atoms with E-state index in [-0.39, 0.29) is 6.61 Å². The van der Waals surface area contributed by atoms with Crippen LogP contribution in [-0.2, 0) is 25.6 Å². The zero-order valence-corrected chi connectivity index (χ0v) is 14.5. The Bertz CT molecular complexity index is 690. The fourth-order valence-electron chi connectivity index (χ4n) is 2.82. The number of rotatable bonds is 7. The van der Waals surface area contributed by atoms with E-state index in [1.165, 1.54) is 7.11 Å². The maximum absolute atomic E-state index is 12.1. The average Bonchev–Trinajstić information content (AvgIpc) is 3.00. The Balaban J connectivity index is 1.60. The topological polar surface area (TPSA) is 74.2 Å². The third kappa shape index (κ3) is 4.47. The van der Waals surface area contributed by atoms with Crippen LogP contribution in [0.15, 0.2) is 60.7 Å². The molecule has 0 unspecified atom stereocenters. The molecule has 1 fully saturated rings. The van der Waals surface area contributed by atoms with Crippen molar-refractivity contribution in [2.75, 3.05) is 13.7 Å². The Labute approximate surface area is 152 Å². The van der Waals surface area contributed by atoms with E-state index in [0.29, 0.717) is 12.2 Å². The first-order valence-corrected chi connectivity index (χ1v) is 8.43. The van der Waals surface area contributed by atoms with Gasteiger partial charge in [-0.25, -0.2) is 4.79 Å². The lowest BCUT2D eigenvalue weighted by Gasteiger charge is -2.20. The second-order valence-electron chi connectivity index (χ2n) is 5.99. The van der Waals surface area contributed by atoms with Gasteiger partial charge < -0.3 is 24.1 Å². The molecule has 4 atom stereocenters. The van der Waals surface area contributed by atoms with E-state index in [2.05, 4.69) is 0 Å². The van der Waals surface area contributed by atoms with Crippen molar-refractivity contribution >= 4 is 5.97 Å². The third-order valence-corrected chi connectivity index (χ3v) is 4.20. The van der Waals surface area contributed by atoms with E-state index < -0.39 is 30.6 Å². The summed E-state index contributed by atoms with van der Waals surface area (Å²) in [5, 5.41) is 10.4. The molecule has 6 nitrogen and oxygen atoms in total. The lowest BCUT2D eigenvalue weighted by atomic mass is 10.1. The number of methoxy groups -OCH3 is 1. The lowest BCUT2D eigenvalue weighted by molar-refractivity contribution is -0.153. The number of esters is 1. The summed E-state index contributed by atoms with van der Waals surface area (Å²) in [6.07, 6.45) is -3.07. The van der Waals surface area contributed by atoms with Gasteiger partial charge in [0.2, 0.25) is 0 Å². The van der Waals surface area contributed by atoms with Crippen LogP contribution in [0.25, 0.3) is 0 Å². The molecule has 0 spiro atoms. The zero-order chi connectivity index (χ0) is 18.4. The number of benzene rings is 2. The highest BCUT2D eigenvalue weighted by atomic mass is 16.7. The molecule has 1 heterocycles. The van der Waals surface area contributed by atoms with E-state index in [0.717, 1.165) is 5.56 Å². The molecular formula is C20H22O6. The van der Waals surface area contributed by atoms with E-state index in [4.69, 9.17) is 18.9 Å². The molecule has 0 amide bonds. The van der Waals surface area contributed by atoms with Crippen LogP contribution in [0.4, 0.5) is 0 Å². The Hall–Kier alpha value is -2.25. The number of carbonyl (C=O) groups is 1. The van der Waals surface area contributed by atoms with Gasteiger partial charge in [0.25, 0.3) is 0 Å². The van der Waals surface area contributed by atoms with Crippen molar-refractivity contribution in [1.82, 2.24) is 0 Å². The molecule has 2 aromatic carbocycles. The normalized spacial score (nSPS) is 25.2. The molecule has 26 heavy (non-hydrogen) atoms. The summed E-state index contributed by atoms with van der Waals surface area (Å²) >= 11 is 0. The number of ether oxygens (including phenoxy) is 4. The van der Waals surface area contributed by atoms with Crippen molar-refractivity contribution < 1.29 is 28.8 Å². The summed E-state index contributed by atoms with van der Waals surface area (Å²) in [5.74, 6) is -0.452. The molecule has 0 radical (unpaired) electrons. The first-order chi connectivity index (χ1) is 12.7. The van der Waals surface area contributed by atoms with Crippen LogP contribution < -0.4 is 0 Å². The zero-order valence-electron chi connectivity index (χ0n) is 14.5. The molecule has 3 rings (SSSR count). The van der Waals surface area contributed by atoms with Crippen molar-refractivity contribution in [2.24, 2.45) is 0 Å². The minimum absolute atomic E-state index is 0.0376. The van der Waals surface area contributed by atoms with Gasteiger partial charge in [0.05, 0.1) is 12.2 Å². The quantitative estimate of drug-likeness (QED) is 0.765. The van der Waals surface area contributed by atoms with Gasteiger partial charge in [-0.3, -0.25) is 0 Å². The van der Waals surface area contributed by atoms with E-state index in [1.54, 1.807) is 24.3 Å². The fraction of sp³-hybridized carbons (Fsp3) is 0.350. The Morgan fingerprint density at radius 2 is 1.73 bits per heavy atom. The van der Waals surface area contributed by atoms with E-state index in [1.807, 2.05) is 36.4 Å². The standard InChI is InChI=1S/C20H22O6/c1-23-20-17(21)18(24-12-14-8-4-2-5-9-14)16(26-20)13-25-19(22)15-10-6-3-7-11-15/h2-11,16-18,20-21H,12-13H2,1H3/t16-,17-,18-,20-/m0/s1. The lowest BCUT2D eigenvalue weighted by Crippen LogP contribution is -2.37. The largest absolute Gasteiger partial charge is 0.459 e. The highest BCUT2D eigenvalue weighted by Crippen LogP contribution is 2.26. The third-order valence-electron chi connectivity index (χ3n) is 4.20. The molecule has 1 saturated heterocycles. The summed E-state index contributed by atoms with van der Waals surface area (Å²) in [6.45, 7) is 0.273. The number of hydrogen-bond acceptors (Lipinski definition) is 6. The van der Waals surface area contributed by atoms with Crippen molar-refractivity contribution in [3.8, 4) is 0 Å². The minimum Gasteiger partial charge on any atom is -0.459 e. The van der Waals surface area contributed by atoms with Crippen LogP contribution >= 0.6 is 0 Å².